The minimum absolute atomic E-state index is 0.149. The summed E-state index contributed by atoms with van der Waals surface area (Å²) < 4.78 is 13.1. The van der Waals surface area contributed by atoms with Crippen LogP contribution in [0.5, 0.6) is 0 Å². The third-order valence-corrected chi connectivity index (χ3v) is 5.29. The van der Waals surface area contributed by atoms with E-state index >= 15 is 0 Å². The van der Waals surface area contributed by atoms with E-state index in [1.807, 2.05) is 26.0 Å². The Morgan fingerprint density at radius 3 is 2.52 bits per heavy atom. The summed E-state index contributed by atoms with van der Waals surface area (Å²) in [5.41, 5.74) is 4.05. The number of amides is 3. The van der Waals surface area contributed by atoms with Gasteiger partial charge in [-0.25, -0.2) is 14.2 Å². The molecule has 1 fully saturated rings. The molecule has 0 unspecified atom stereocenters. The number of rotatable bonds is 5. The van der Waals surface area contributed by atoms with Crippen molar-refractivity contribution >= 4 is 23.4 Å². The molecule has 158 valence electrons. The minimum atomic E-state index is -0.299. The second-order valence-electron chi connectivity index (χ2n) is 7.66. The molecule has 2 aromatic carbocycles. The smallest absolute Gasteiger partial charge is 0.321 e. The van der Waals surface area contributed by atoms with Gasteiger partial charge in [-0.15, -0.1) is 0 Å². The van der Waals surface area contributed by atoms with Crippen molar-refractivity contribution in [1.82, 2.24) is 9.88 Å². The van der Waals surface area contributed by atoms with E-state index in [1.165, 1.54) is 12.1 Å². The fourth-order valence-electron chi connectivity index (χ4n) is 3.64. The van der Waals surface area contributed by atoms with Crippen LogP contribution in [-0.2, 0) is 6.54 Å². The number of hydrogen-bond acceptors (Lipinski definition) is 3. The standard InChI is InChI=1S/C24H23FN4O2/c1-16-3-9-21(17(2)13-16)23(30)27-20-8-10-22(26-14-20)29-12-11-28(24(29)31)15-18-4-6-19(25)7-5-18/h3-10,13-14H,11-12,15H2,1-2H3,(H,27,30). The van der Waals surface area contributed by atoms with Crippen LogP contribution in [-0.4, -0.2) is 34.9 Å². The highest BCUT2D eigenvalue weighted by Gasteiger charge is 2.30. The summed E-state index contributed by atoms with van der Waals surface area (Å²) in [7, 11) is 0. The van der Waals surface area contributed by atoms with E-state index in [-0.39, 0.29) is 17.8 Å². The number of carbonyl (C=O) groups is 2. The molecule has 0 atom stereocenters. The lowest BCUT2D eigenvalue weighted by molar-refractivity contribution is 0.102. The zero-order chi connectivity index (χ0) is 22.0. The second kappa shape index (κ2) is 8.55. The molecule has 0 aliphatic carbocycles. The van der Waals surface area contributed by atoms with Crippen LogP contribution in [0.1, 0.15) is 27.0 Å². The summed E-state index contributed by atoms with van der Waals surface area (Å²) in [5, 5.41) is 2.85. The first-order valence-electron chi connectivity index (χ1n) is 10.1. The number of hydrogen-bond donors (Lipinski definition) is 1. The van der Waals surface area contributed by atoms with Crippen LogP contribution >= 0.6 is 0 Å². The fraction of sp³-hybridized carbons (Fsp3) is 0.208. The van der Waals surface area contributed by atoms with Gasteiger partial charge in [0.25, 0.3) is 5.91 Å². The molecule has 31 heavy (non-hydrogen) atoms. The highest BCUT2D eigenvalue weighted by Crippen LogP contribution is 2.22. The number of aryl methyl sites for hydroxylation is 2. The third-order valence-electron chi connectivity index (χ3n) is 5.29. The Kier molecular flexibility index (Phi) is 5.66. The maximum absolute atomic E-state index is 13.1. The Bertz CT molecular complexity index is 1110. The van der Waals surface area contributed by atoms with Crippen molar-refractivity contribution in [3.8, 4) is 0 Å². The maximum Gasteiger partial charge on any atom is 0.326 e. The van der Waals surface area contributed by atoms with Crippen molar-refractivity contribution in [2.75, 3.05) is 23.3 Å². The van der Waals surface area contributed by atoms with Gasteiger partial charge in [-0.1, -0.05) is 29.8 Å². The lowest BCUT2D eigenvalue weighted by atomic mass is 10.1. The molecule has 7 heteroatoms. The topological polar surface area (TPSA) is 65.5 Å². The Morgan fingerprint density at radius 2 is 1.84 bits per heavy atom. The molecule has 6 nitrogen and oxygen atoms in total. The molecule has 1 saturated heterocycles. The minimum Gasteiger partial charge on any atom is -0.321 e. The molecule has 0 spiro atoms. The van der Waals surface area contributed by atoms with E-state index in [0.29, 0.717) is 36.7 Å². The number of halogens is 1. The molecule has 3 aromatic rings. The number of carbonyl (C=O) groups excluding carboxylic acids is 2. The summed E-state index contributed by atoms with van der Waals surface area (Å²) in [4.78, 5) is 33.0. The quantitative estimate of drug-likeness (QED) is 0.662. The Morgan fingerprint density at radius 1 is 1.06 bits per heavy atom. The summed E-state index contributed by atoms with van der Waals surface area (Å²) in [6.07, 6.45) is 1.55. The van der Waals surface area contributed by atoms with Crippen LogP contribution in [0.3, 0.4) is 0 Å². The molecule has 1 aromatic heterocycles. The van der Waals surface area contributed by atoms with Crippen molar-refractivity contribution in [3.05, 3.63) is 88.9 Å². The van der Waals surface area contributed by atoms with Crippen LogP contribution < -0.4 is 10.2 Å². The normalized spacial score (nSPS) is 13.6. The first kappa shape index (κ1) is 20.5. The fourth-order valence-corrected chi connectivity index (χ4v) is 3.64. The maximum atomic E-state index is 13.1. The summed E-state index contributed by atoms with van der Waals surface area (Å²) in [5.74, 6) is 0.0259. The van der Waals surface area contributed by atoms with Gasteiger partial charge in [0.2, 0.25) is 0 Å². The zero-order valence-electron chi connectivity index (χ0n) is 17.4. The SMILES string of the molecule is Cc1ccc(C(=O)Nc2ccc(N3CCN(Cc4ccc(F)cc4)C3=O)nc2)c(C)c1. The van der Waals surface area contributed by atoms with E-state index in [0.717, 1.165) is 16.7 Å². The van der Waals surface area contributed by atoms with Gasteiger partial charge in [0.05, 0.1) is 11.9 Å². The highest BCUT2D eigenvalue weighted by atomic mass is 19.1. The molecule has 1 aliphatic rings. The predicted octanol–water partition coefficient (Wildman–Crippen LogP) is 4.53. The average Bonchev–Trinajstić information content (AvgIpc) is 3.10. The number of nitrogens with one attached hydrogen (secondary N) is 1. The van der Waals surface area contributed by atoms with Gasteiger partial charge < -0.3 is 10.2 Å². The lowest BCUT2D eigenvalue weighted by Crippen LogP contribution is -2.31. The van der Waals surface area contributed by atoms with E-state index in [9.17, 15) is 14.0 Å². The predicted molar refractivity (Wildman–Crippen MR) is 118 cm³/mol. The van der Waals surface area contributed by atoms with Crippen LogP contribution in [0.25, 0.3) is 0 Å². The third kappa shape index (κ3) is 4.55. The van der Waals surface area contributed by atoms with Crippen LogP contribution in [0.15, 0.2) is 60.8 Å². The number of pyridine rings is 1. The molecule has 4 rings (SSSR count). The molecule has 0 bridgehead atoms. The number of benzene rings is 2. The van der Waals surface area contributed by atoms with E-state index in [1.54, 1.807) is 46.3 Å². The van der Waals surface area contributed by atoms with Gasteiger partial charge >= 0.3 is 6.03 Å². The lowest BCUT2D eigenvalue weighted by Gasteiger charge is -2.18. The second-order valence-corrected chi connectivity index (χ2v) is 7.66. The van der Waals surface area contributed by atoms with Gasteiger partial charge in [-0.05, 0) is 55.3 Å². The number of aromatic nitrogens is 1. The zero-order valence-corrected chi connectivity index (χ0v) is 17.4. The first-order chi connectivity index (χ1) is 14.9. The summed E-state index contributed by atoms with van der Waals surface area (Å²) in [6.45, 7) is 5.38. The average molecular weight is 418 g/mol. The van der Waals surface area contributed by atoms with Gasteiger partial charge in [-0.2, -0.15) is 0 Å². The summed E-state index contributed by atoms with van der Waals surface area (Å²) in [6, 6.07) is 15.1. The van der Waals surface area contributed by atoms with Crippen LogP contribution in [0.4, 0.5) is 20.7 Å². The van der Waals surface area contributed by atoms with Gasteiger partial charge in [0.15, 0.2) is 0 Å². The Hall–Kier alpha value is -3.74. The first-order valence-corrected chi connectivity index (χ1v) is 10.1. The molecule has 1 aliphatic heterocycles. The molecule has 1 N–H and O–H groups in total. The van der Waals surface area contributed by atoms with Gasteiger partial charge in [-0.3, -0.25) is 9.69 Å². The number of urea groups is 1. The van der Waals surface area contributed by atoms with Crippen molar-refractivity contribution < 1.29 is 14.0 Å². The molecule has 2 heterocycles. The number of anilines is 2. The van der Waals surface area contributed by atoms with E-state index < -0.39 is 0 Å². The van der Waals surface area contributed by atoms with Crippen molar-refractivity contribution in [2.45, 2.75) is 20.4 Å². The number of nitrogens with zero attached hydrogens (tertiary/aromatic N) is 3. The van der Waals surface area contributed by atoms with E-state index in [2.05, 4.69) is 10.3 Å². The largest absolute Gasteiger partial charge is 0.326 e. The van der Waals surface area contributed by atoms with Crippen molar-refractivity contribution in [3.63, 3.8) is 0 Å². The summed E-state index contributed by atoms with van der Waals surface area (Å²) >= 11 is 0. The van der Waals surface area contributed by atoms with Crippen LogP contribution in [0, 0.1) is 19.7 Å². The monoisotopic (exact) mass is 418 g/mol. The highest BCUT2D eigenvalue weighted by molar-refractivity contribution is 6.05. The van der Waals surface area contributed by atoms with Gasteiger partial charge in [0.1, 0.15) is 11.6 Å². The molecular formula is C24H23FN4O2. The molecular weight excluding hydrogens is 395 g/mol. The van der Waals surface area contributed by atoms with E-state index in [4.69, 9.17) is 0 Å². The Labute approximate surface area is 180 Å². The van der Waals surface area contributed by atoms with Gasteiger partial charge in [0, 0.05) is 25.2 Å². The molecule has 0 saturated carbocycles. The molecule has 0 radical (unpaired) electrons. The van der Waals surface area contributed by atoms with Crippen LogP contribution in [0.2, 0.25) is 0 Å². The molecule has 3 amide bonds. The van der Waals surface area contributed by atoms with Crippen molar-refractivity contribution in [1.29, 1.82) is 0 Å². The Balaban J connectivity index is 1.40. The van der Waals surface area contributed by atoms with Crippen molar-refractivity contribution in [2.24, 2.45) is 0 Å².